The van der Waals surface area contributed by atoms with E-state index in [1.54, 1.807) is 5.57 Å². The van der Waals surface area contributed by atoms with Gasteiger partial charge in [-0.15, -0.1) is 0 Å². The summed E-state index contributed by atoms with van der Waals surface area (Å²) in [4.78, 5) is 10.9. The van der Waals surface area contributed by atoms with Gasteiger partial charge in [0.2, 0.25) is 0 Å². The average Bonchev–Trinajstić information content (AvgIpc) is 2.29. The van der Waals surface area contributed by atoms with Crippen molar-refractivity contribution in [2.75, 3.05) is 0 Å². The number of hydrogen-bond acceptors (Lipinski definition) is 1. The molecule has 0 N–H and O–H groups in total. The monoisotopic (exact) mass is 218 g/mol. The zero-order valence-corrected chi connectivity index (χ0v) is 10.7. The second kappa shape index (κ2) is 4.20. The van der Waals surface area contributed by atoms with Crippen LogP contribution in [0.3, 0.4) is 0 Å². The van der Waals surface area contributed by atoms with Gasteiger partial charge in [-0.1, -0.05) is 31.1 Å². The molecule has 0 saturated heterocycles. The van der Waals surface area contributed by atoms with Gasteiger partial charge in [0.05, 0.1) is 0 Å². The summed E-state index contributed by atoms with van der Waals surface area (Å²) in [5.74, 6) is 0.752. The van der Waals surface area contributed by atoms with E-state index in [0.29, 0.717) is 5.41 Å². The first kappa shape index (κ1) is 11.6. The van der Waals surface area contributed by atoms with Gasteiger partial charge >= 0.3 is 0 Å². The van der Waals surface area contributed by atoms with Crippen molar-refractivity contribution in [3.8, 4) is 0 Å². The normalized spacial score (nSPS) is 37.4. The molecule has 88 valence electrons. The summed E-state index contributed by atoms with van der Waals surface area (Å²) >= 11 is 0. The molecule has 2 aliphatic rings. The van der Waals surface area contributed by atoms with Crippen molar-refractivity contribution in [3.63, 3.8) is 0 Å². The summed E-state index contributed by atoms with van der Waals surface area (Å²) in [5.41, 5.74) is 4.34. The largest absolute Gasteiger partial charge is 0.298 e. The first-order chi connectivity index (χ1) is 7.58. The number of rotatable bonds is 1. The van der Waals surface area contributed by atoms with E-state index in [1.165, 1.54) is 24.8 Å². The molecule has 0 aromatic rings. The van der Waals surface area contributed by atoms with E-state index in [-0.39, 0.29) is 0 Å². The fourth-order valence-electron chi connectivity index (χ4n) is 3.29. The third kappa shape index (κ3) is 1.77. The number of carbonyl (C=O) groups excluding carboxylic acids is 1. The quantitative estimate of drug-likeness (QED) is 0.368. The van der Waals surface area contributed by atoms with Crippen LogP contribution in [-0.2, 0) is 4.79 Å². The van der Waals surface area contributed by atoms with Crippen LogP contribution >= 0.6 is 0 Å². The lowest BCUT2D eigenvalue weighted by atomic mass is 9.59. The van der Waals surface area contributed by atoms with Gasteiger partial charge in [0.1, 0.15) is 6.29 Å². The highest BCUT2D eigenvalue weighted by atomic mass is 16.1. The molecule has 2 rings (SSSR count). The second-order valence-electron chi connectivity index (χ2n) is 5.71. The maximum atomic E-state index is 10.9. The molecule has 0 heterocycles. The molecule has 0 amide bonds. The minimum atomic E-state index is 0.329. The average molecular weight is 218 g/mol. The lowest BCUT2D eigenvalue weighted by Gasteiger charge is -2.45. The third-order valence-corrected chi connectivity index (χ3v) is 4.82. The summed E-state index contributed by atoms with van der Waals surface area (Å²) in [6.45, 7) is 6.72. The van der Waals surface area contributed by atoms with Gasteiger partial charge in [0.15, 0.2) is 0 Å². The first-order valence-electron chi connectivity index (χ1n) is 6.41. The van der Waals surface area contributed by atoms with Crippen LogP contribution in [0.25, 0.3) is 0 Å². The molecule has 2 aliphatic carbocycles. The molecule has 0 aromatic carbocycles. The zero-order chi connectivity index (χ0) is 11.8. The Kier molecular flexibility index (Phi) is 3.05. The van der Waals surface area contributed by atoms with Crippen LogP contribution in [0.5, 0.6) is 0 Å². The Labute approximate surface area is 98.6 Å². The van der Waals surface area contributed by atoms with E-state index in [9.17, 15) is 4.79 Å². The van der Waals surface area contributed by atoms with Gasteiger partial charge < -0.3 is 0 Å². The van der Waals surface area contributed by atoms with Crippen LogP contribution < -0.4 is 0 Å². The van der Waals surface area contributed by atoms with Crippen molar-refractivity contribution in [2.45, 2.75) is 52.9 Å². The molecule has 0 radical (unpaired) electrons. The number of allylic oxidation sites excluding steroid dienone is 4. The maximum Gasteiger partial charge on any atom is 0.145 e. The first-order valence-corrected chi connectivity index (χ1v) is 6.41. The van der Waals surface area contributed by atoms with Gasteiger partial charge in [0, 0.05) is 0 Å². The summed E-state index contributed by atoms with van der Waals surface area (Å²) in [5, 5.41) is 0. The van der Waals surface area contributed by atoms with E-state index < -0.39 is 0 Å². The van der Waals surface area contributed by atoms with Crippen molar-refractivity contribution in [2.24, 2.45) is 11.3 Å². The number of hydrogen-bond donors (Lipinski definition) is 0. The summed E-state index contributed by atoms with van der Waals surface area (Å²) < 4.78 is 0. The third-order valence-electron chi connectivity index (χ3n) is 4.82. The van der Waals surface area contributed by atoms with E-state index >= 15 is 0 Å². The van der Waals surface area contributed by atoms with Gasteiger partial charge in [-0.25, -0.2) is 0 Å². The fourth-order valence-corrected chi connectivity index (χ4v) is 3.29. The van der Waals surface area contributed by atoms with Crippen LogP contribution in [0.15, 0.2) is 22.8 Å². The Morgan fingerprint density at radius 2 is 2.25 bits per heavy atom. The van der Waals surface area contributed by atoms with E-state index in [4.69, 9.17) is 0 Å². The minimum Gasteiger partial charge on any atom is -0.298 e. The fraction of sp³-hybridized carbons (Fsp3) is 0.667. The van der Waals surface area contributed by atoms with Crippen molar-refractivity contribution < 1.29 is 4.79 Å². The van der Waals surface area contributed by atoms with Crippen LogP contribution in [0.2, 0.25) is 0 Å². The Morgan fingerprint density at radius 1 is 1.50 bits per heavy atom. The van der Waals surface area contributed by atoms with Gasteiger partial charge in [-0.3, -0.25) is 4.79 Å². The molecular formula is C15H22O. The van der Waals surface area contributed by atoms with Crippen LogP contribution in [0, 0.1) is 11.3 Å². The molecule has 1 heteroatoms. The highest BCUT2D eigenvalue weighted by Crippen LogP contribution is 2.52. The van der Waals surface area contributed by atoms with Gasteiger partial charge in [-0.2, -0.15) is 0 Å². The molecular weight excluding hydrogens is 196 g/mol. The molecule has 16 heavy (non-hydrogen) atoms. The maximum absolute atomic E-state index is 10.9. The molecule has 2 atom stereocenters. The number of aldehydes is 1. The number of fused-ring (bicyclic) bond motifs is 1. The van der Waals surface area contributed by atoms with E-state index in [1.807, 2.05) is 6.92 Å². The van der Waals surface area contributed by atoms with Crippen molar-refractivity contribution in [1.82, 2.24) is 0 Å². The smallest absolute Gasteiger partial charge is 0.145 e. The van der Waals surface area contributed by atoms with Crippen molar-refractivity contribution in [1.29, 1.82) is 0 Å². The minimum absolute atomic E-state index is 0.329. The lowest BCUT2D eigenvalue weighted by molar-refractivity contribution is -0.104. The highest BCUT2D eigenvalue weighted by molar-refractivity contribution is 5.73. The Morgan fingerprint density at radius 3 is 2.94 bits per heavy atom. The number of carbonyl (C=O) groups is 1. The lowest BCUT2D eigenvalue weighted by Crippen LogP contribution is -2.34. The summed E-state index contributed by atoms with van der Waals surface area (Å²) in [6.07, 6.45) is 9.39. The standard InChI is InChI=1S/C15H22O/c1-11(10-16)13-7-8-14-6-4-5-12(2)15(14,3)9-13/h6,10,12H,4-5,7-9H2,1-3H3/b13-11-. The molecule has 0 spiro atoms. The molecule has 0 bridgehead atoms. The van der Waals surface area contributed by atoms with E-state index in [2.05, 4.69) is 19.9 Å². The van der Waals surface area contributed by atoms with Crippen molar-refractivity contribution >= 4 is 6.29 Å². The predicted octanol–water partition coefficient (Wildman–Crippen LogP) is 4.05. The molecule has 1 fully saturated rings. The second-order valence-corrected chi connectivity index (χ2v) is 5.71. The van der Waals surface area contributed by atoms with Crippen LogP contribution in [0.1, 0.15) is 52.9 Å². The SMILES string of the molecule is C/C(C=O)=C1\CCC2=CCCC(C)C2(C)C1. The topological polar surface area (TPSA) is 17.1 Å². The highest BCUT2D eigenvalue weighted by Gasteiger charge is 2.39. The van der Waals surface area contributed by atoms with Gasteiger partial charge in [0.25, 0.3) is 0 Å². The van der Waals surface area contributed by atoms with Gasteiger partial charge in [-0.05, 0) is 55.9 Å². The Balaban J connectivity index is 2.33. The van der Waals surface area contributed by atoms with Crippen LogP contribution in [0.4, 0.5) is 0 Å². The Bertz CT molecular complexity index is 362. The molecule has 0 aliphatic heterocycles. The van der Waals surface area contributed by atoms with Crippen molar-refractivity contribution in [3.05, 3.63) is 22.8 Å². The summed E-state index contributed by atoms with van der Waals surface area (Å²) in [6, 6.07) is 0. The zero-order valence-electron chi connectivity index (χ0n) is 10.7. The Hall–Kier alpha value is -0.850. The molecule has 1 nitrogen and oxygen atoms in total. The predicted molar refractivity (Wildman–Crippen MR) is 67.2 cm³/mol. The van der Waals surface area contributed by atoms with Crippen LogP contribution in [-0.4, -0.2) is 6.29 Å². The van der Waals surface area contributed by atoms with E-state index in [0.717, 1.165) is 30.6 Å². The molecule has 2 unspecified atom stereocenters. The molecule has 0 aromatic heterocycles. The summed E-state index contributed by atoms with van der Waals surface area (Å²) in [7, 11) is 0. The molecule has 1 saturated carbocycles.